The molecule has 1 aliphatic rings. The number of nitrogens with two attached hydrogens (primary N) is 1. The van der Waals surface area contributed by atoms with Gasteiger partial charge in [0.2, 0.25) is 9.84 Å². The lowest BCUT2D eigenvalue weighted by Gasteiger charge is -2.13. The number of nitrogens with one attached hydrogen (secondary N) is 2. The van der Waals surface area contributed by atoms with Gasteiger partial charge in [-0.25, -0.2) is 13.4 Å². The Morgan fingerprint density at radius 3 is 2.93 bits per heavy atom. The summed E-state index contributed by atoms with van der Waals surface area (Å²) in [6.07, 6.45) is 5.35. The van der Waals surface area contributed by atoms with Crippen LogP contribution < -0.4 is 11.1 Å². The number of anilines is 1. The van der Waals surface area contributed by atoms with Gasteiger partial charge in [0.05, 0.1) is 29.5 Å². The van der Waals surface area contributed by atoms with Crippen molar-refractivity contribution in [3.63, 3.8) is 0 Å². The van der Waals surface area contributed by atoms with Gasteiger partial charge in [0.1, 0.15) is 11.7 Å². The molecule has 2 aromatic heterocycles. The first-order chi connectivity index (χ1) is 12.8. The van der Waals surface area contributed by atoms with Crippen molar-refractivity contribution in [1.29, 1.82) is 5.41 Å². The highest BCUT2D eigenvalue weighted by Gasteiger charge is 2.26. The third-order valence-corrected chi connectivity index (χ3v) is 8.97. The molecule has 0 aromatic carbocycles. The van der Waals surface area contributed by atoms with E-state index in [0.29, 0.717) is 25.9 Å². The second kappa shape index (κ2) is 8.48. The number of sulfone groups is 1. The Labute approximate surface area is 174 Å². The Morgan fingerprint density at radius 2 is 2.33 bits per heavy atom. The third-order valence-electron chi connectivity index (χ3n) is 4.05. The fourth-order valence-electron chi connectivity index (χ4n) is 2.66. The molecule has 1 fully saturated rings. The Kier molecular flexibility index (Phi) is 6.46. The van der Waals surface area contributed by atoms with Crippen LogP contribution in [-0.4, -0.2) is 44.7 Å². The number of hydrogen-bond donors (Lipinski definition) is 3. The third kappa shape index (κ3) is 4.48. The first-order valence-corrected chi connectivity index (χ1v) is 12.4. The Hall–Kier alpha value is -1.14. The molecular formula is C16H19BrN4O3S3. The molecule has 0 saturated carbocycles. The van der Waals surface area contributed by atoms with Crippen molar-refractivity contribution in [2.75, 3.05) is 24.7 Å². The molecule has 2 aromatic rings. The molecule has 3 rings (SSSR count). The Bertz CT molecular complexity index is 956. The zero-order valence-electron chi connectivity index (χ0n) is 14.5. The molecule has 3 heterocycles. The second-order valence-corrected chi connectivity index (χ2v) is 10.8. The van der Waals surface area contributed by atoms with Gasteiger partial charge in [-0.05, 0) is 47.2 Å². The van der Waals surface area contributed by atoms with Gasteiger partial charge in [-0.3, -0.25) is 5.41 Å². The van der Waals surface area contributed by atoms with Crippen molar-refractivity contribution in [3.05, 3.63) is 27.7 Å². The number of thiophene rings is 1. The highest BCUT2D eigenvalue weighted by molar-refractivity contribution is 9.10. The van der Waals surface area contributed by atoms with E-state index >= 15 is 0 Å². The maximum Gasteiger partial charge on any atom is 0.210 e. The standard InChI is InChI=1S/C16H19BrN4O3S3/c1-25-16-13(6-12(26-16)14(18)19)27(22,23)10-5-11(17)15(21-8-10)20-7-9-3-2-4-24-9/h5-6,8-9H,2-4,7H2,1H3,(H3,18,19)(H,20,21). The number of ether oxygens (including phenoxy) is 1. The van der Waals surface area contributed by atoms with E-state index in [1.54, 1.807) is 6.26 Å². The number of nitrogen functional groups attached to an aromatic ring is 1. The van der Waals surface area contributed by atoms with Crippen molar-refractivity contribution in [2.45, 2.75) is 32.9 Å². The summed E-state index contributed by atoms with van der Waals surface area (Å²) in [5.74, 6) is 0.425. The van der Waals surface area contributed by atoms with E-state index in [9.17, 15) is 8.42 Å². The SMILES string of the molecule is CSc1sc(C(=N)N)cc1S(=O)(=O)c1cnc(NCC2CCCO2)c(Br)c1. The minimum Gasteiger partial charge on any atom is -0.383 e. The monoisotopic (exact) mass is 490 g/mol. The van der Waals surface area contributed by atoms with Crippen LogP contribution in [0.25, 0.3) is 0 Å². The number of aromatic nitrogens is 1. The first-order valence-electron chi connectivity index (χ1n) is 8.11. The molecule has 0 bridgehead atoms. The summed E-state index contributed by atoms with van der Waals surface area (Å²) in [4.78, 5) is 4.93. The van der Waals surface area contributed by atoms with E-state index in [1.165, 1.54) is 41.4 Å². The van der Waals surface area contributed by atoms with E-state index in [-0.39, 0.29) is 21.7 Å². The quantitative estimate of drug-likeness (QED) is 0.309. The largest absolute Gasteiger partial charge is 0.383 e. The topological polar surface area (TPSA) is 118 Å². The minimum absolute atomic E-state index is 0.0836. The van der Waals surface area contributed by atoms with Crippen LogP contribution in [0, 0.1) is 5.41 Å². The summed E-state index contributed by atoms with van der Waals surface area (Å²) < 4.78 is 32.8. The molecule has 146 valence electrons. The van der Waals surface area contributed by atoms with Gasteiger partial charge in [-0.2, -0.15) is 0 Å². The molecular weight excluding hydrogens is 472 g/mol. The molecule has 4 N–H and O–H groups in total. The summed E-state index contributed by atoms with van der Waals surface area (Å²) in [6.45, 7) is 1.40. The predicted octanol–water partition coefficient (Wildman–Crippen LogP) is 3.34. The van der Waals surface area contributed by atoms with Crippen LogP contribution in [0.4, 0.5) is 5.82 Å². The van der Waals surface area contributed by atoms with Crippen molar-refractivity contribution < 1.29 is 13.2 Å². The molecule has 1 saturated heterocycles. The highest BCUT2D eigenvalue weighted by atomic mass is 79.9. The molecule has 7 nitrogen and oxygen atoms in total. The van der Waals surface area contributed by atoms with Gasteiger partial charge in [-0.1, -0.05) is 0 Å². The molecule has 0 radical (unpaired) electrons. The molecule has 0 amide bonds. The number of rotatable bonds is 7. The summed E-state index contributed by atoms with van der Waals surface area (Å²) in [7, 11) is -3.77. The van der Waals surface area contributed by atoms with Gasteiger partial charge < -0.3 is 15.8 Å². The van der Waals surface area contributed by atoms with Crippen LogP contribution in [0.1, 0.15) is 17.7 Å². The van der Waals surface area contributed by atoms with Gasteiger partial charge in [0.15, 0.2) is 0 Å². The first kappa shape index (κ1) is 20.6. The fraction of sp³-hybridized carbons (Fsp3) is 0.375. The zero-order chi connectivity index (χ0) is 19.6. The Morgan fingerprint density at radius 1 is 1.56 bits per heavy atom. The van der Waals surface area contributed by atoms with Crippen LogP contribution in [0.3, 0.4) is 0 Å². The highest BCUT2D eigenvalue weighted by Crippen LogP contribution is 2.37. The van der Waals surface area contributed by atoms with Gasteiger partial charge in [-0.15, -0.1) is 23.1 Å². The van der Waals surface area contributed by atoms with Crippen LogP contribution >= 0.6 is 39.0 Å². The number of hydrogen-bond acceptors (Lipinski definition) is 8. The van der Waals surface area contributed by atoms with Crippen molar-refractivity contribution in [1.82, 2.24) is 4.98 Å². The zero-order valence-corrected chi connectivity index (χ0v) is 18.5. The van der Waals surface area contributed by atoms with Crippen molar-refractivity contribution in [2.24, 2.45) is 5.73 Å². The minimum atomic E-state index is -3.77. The smallest absolute Gasteiger partial charge is 0.210 e. The summed E-state index contributed by atoms with van der Waals surface area (Å²) in [5.41, 5.74) is 5.51. The molecule has 1 unspecified atom stereocenters. The van der Waals surface area contributed by atoms with Gasteiger partial charge in [0.25, 0.3) is 0 Å². The number of amidine groups is 1. The summed E-state index contributed by atoms with van der Waals surface area (Å²) in [6, 6.07) is 2.99. The van der Waals surface area contributed by atoms with Crippen LogP contribution in [0.15, 0.2) is 36.8 Å². The van der Waals surface area contributed by atoms with Crippen molar-refractivity contribution in [3.8, 4) is 0 Å². The molecule has 0 spiro atoms. The van der Waals surface area contributed by atoms with Gasteiger partial charge >= 0.3 is 0 Å². The second-order valence-electron chi connectivity index (χ2n) is 5.90. The molecule has 27 heavy (non-hydrogen) atoms. The van der Waals surface area contributed by atoms with E-state index in [0.717, 1.165) is 19.4 Å². The van der Waals surface area contributed by atoms with E-state index < -0.39 is 9.84 Å². The summed E-state index contributed by atoms with van der Waals surface area (Å²) in [5, 5.41) is 10.7. The average Bonchev–Trinajstić information content (AvgIpc) is 3.30. The molecule has 1 atom stereocenters. The van der Waals surface area contributed by atoms with Crippen molar-refractivity contribution >= 4 is 60.5 Å². The molecule has 1 aliphatic heterocycles. The number of thioether (sulfide) groups is 1. The number of nitrogens with zero attached hydrogens (tertiary/aromatic N) is 1. The van der Waals surface area contributed by atoms with E-state index in [4.69, 9.17) is 15.9 Å². The van der Waals surface area contributed by atoms with Crippen LogP contribution in [-0.2, 0) is 14.6 Å². The number of halogens is 1. The lowest BCUT2D eigenvalue weighted by molar-refractivity contribution is 0.120. The maximum atomic E-state index is 13.1. The number of pyridine rings is 1. The van der Waals surface area contributed by atoms with E-state index in [1.807, 2.05) is 0 Å². The average molecular weight is 491 g/mol. The maximum absolute atomic E-state index is 13.1. The van der Waals surface area contributed by atoms with Crippen LogP contribution in [0.5, 0.6) is 0 Å². The van der Waals surface area contributed by atoms with E-state index in [2.05, 4.69) is 26.2 Å². The lowest BCUT2D eigenvalue weighted by Crippen LogP contribution is -2.19. The Balaban J connectivity index is 1.86. The normalized spacial score (nSPS) is 17.2. The lowest BCUT2D eigenvalue weighted by atomic mass is 10.2. The van der Waals surface area contributed by atoms with Crippen LogP contribution in [0.2, 0.25) is 0 Å². The predicted molar refractivity (Wildman–Crippen MR) is 112 cm³/mol. The molecule has 11 heteroatoms. The molecule has 0 aliphatic carbocycles. The fourth-order valence-corrected chi connectivity index (χ4v) is 7.13. The van der Waals surface area contributed by atoms with Gasteiger partial charge in [0, 0.05) is 19.3 Å². The summed E-state index contributed by atoms with van der Waals surface area (Å²) >= 11 is 5.91.